The molecule has 0 bridgehead atoms. The Bertz CT molecular complexity index is 396. The van der Waals surface area contributed by atoms with Crippen molar-refractivity contribution in [2.75, 3.05) is 26.2 Å². The largest absolute Gasteiger partial charge is 0.473 e. The maximum Gasteiger partial charge on any atom is 0.414 e. The summed E-state index contributed by atoms with van der Waals surface area (Å²) in [5.74, 6) is -3.65. The Balaban J connectivity index is 0.000000326. The van der Waals surface area contributed by atoms with Crippen molar-refractivity contribution in [3.05, 3.63) is 0 Å². The molecule has 2 aliphatic heterocycles. The van der Waals surface area contributed by atoms with E-state index in [4.69, 9.17) is 19.8 Å². The van der Waals surface area contributed by atoms with E-state index in [0.717, 1.165) is 12.1 Å². The van der Waals surface area contributed by atoms with Gasteiger partial charge in [0.15, 0.2) is 0 Å². The number of carboxylic acids is 2. The van der Waals surface area contributed by atoms with Gasteiger partial charge in [0.1, 0.15) is 0 Å². The zero-order valence-electron chi connectivity index (χ0n) is 15.4. The molecule has 1 aliphatic carbocycles. The molecule has 0 aromatic carbocycles. The van der Waals surface area contributed by atoms with Crippen LogP contribution in [0.15, 0.2) is 0 Å². The summed E-state index contributed by atoms with van der Waals surface area (Å²) in [6.07, 6.45) is 16.1. The lowest BCUT2D eigenvalue weighted by Gasteiger charge is -2.42. The van der Waals surface area contributed by atoms with E-state index in [-0.39, 0.29) is 0 Å². The molecule has 0 amide bonds. The molecule has 25 heavy (non-hydrogen) atoms. The maximum absolute atomic E-state index is 9.10. The van der Waals surface area contributed by atoms with Crippen LogP contribution in [-0.2, 0) is 9.59 Å². The quantitative estimate of drug-likeness (QED) is 0.586. The molecule has 144 valence electrons. The third kappa shape index (κ3) is 6.94. The minimum absolute atomic E-state index is 0.919. The Morgan fingerprint density at radius 3 is 1.44 bits per heavy atom. The Morgan fingerprint density at radius 2 is 0.960 bits per heavy atom. The van der Waals surface area contributed by atoms with Gasteiger partial charge in [0, 0.05) is 12.1 Å². The van der Waals surface area contributed by atoms with Gasteiger partial charge in [0.2, 0.25) is 0 Å². The molecule has 0 radical (unpaired) electrons. The third-order valence-corrected chi connectivity index (χ3v) is 5.93. The number of aliphatic carboxylic acids is 2. The van der Waals surface area contributed by atoms with Crippen LogP contribution in [0.5, 0.6) is 0 Å². The Hall–Kier alpha value is -1.14. The molecule has 0 aromatic rings. The van der Waals surface area contributed by atoms with Crippen LogP contribution >= 0.6 is 0 Å². The van der Waals surface area contributed by atoms with Crippen LogP contribution in [0.25, 0.3) is 0 Å². The molecule has 1 saturated carbocycles. The van der Waals surface area contributed by atoms with Gasteiger partial charge >= 0.3 is 11.9 Å². The Labute approximate surface area is 151 Å². The highest BCUT2D eigenvalue weighted by Crippen LogP contribution is 2.27. The highest BCUT2D eigenvalue weighted by Gasteiger charge is 2.28. The summed E-state index contributed by atoms with van der Waals surface area (Å²) in [5.41, 5.74) is 0. The molecule has 6 nitrogen and oxygen atoms in total. The summed E-state index contributed by atoms with van der Waals surface area (Å²) in [5, 5.41) is 14.8. The number of carbonyl (C=O) groups is 2. The molecule has 0 atom stereocenters. The van der Waals surface area contributed by atoms with E-state index in [2.05, 4.69) is 9.80 Å². The summed E-state index contributed by atoms with van der Waals surface area (Å²) >= 11 is 0. The third-order valence-electron chi connectivity index (χ3n) is 5.93. The lowest BCUT2D eigenvalue weighted by atomic mass is 9.97. The molecule has 0 spiro atoms. The SMILES string of the molecule is C1CCCC(N2CCC(N3CCCCC3)CC2)CC1.O=C(O)C(=O)O. The average Bonchev–Trinajstić information content (AvgIpc) is 2.92. The van der Waals surface area contributed by atoms with Crippen LogP contribution in [0.4, 0.5) is 0 Å². The van der Waals surface area contributed by atoms with E-state index in [1.807, 2.05) is 0 Å². The number of hydrogen-bond acceptors (Lipinski definition) is 4. The zero-order chi connectivity index (χ0) is 18.1. The van der Waals surface area contributed by atoms with E-state index < -0.39 is 11.9 Å². The highest BCUT2D eigenvalue weighted by molar-refractivity contribution is 6.27. The number of nitrogens with zero attached hydrogens (tertiary/aromatic N) is 2. The average molecular weight is 354 g/mol. The molecule has 6 heteroatoms. The van der Waals surface area contributed by atoms with Crippen molar-refractivity contribution in [2.24, 2.45) is 0 Å². The van der Waals surface area contributed by atoms with E-state index in [9.17, 15) is 0 Å². The molecule has 0 unspecified atom stereocenters. The molecule has 2 saturated heterocycles. The van der Waals surface area contributed by atoms with Crippen molar-refractivity contribution in [1.29, 1.82) is 0 Å². The predicted molar refractivity (Wildman–Crippen MR) is 96.8 cm³/mol. The topological polar surface area (TPSA) is 81.1 Å². The van der Waals surface area contributed by atoms with Gasteiger partial charge in [-0.25, -0.2) is 9.59 Å². The van der Waals surface area contributed by atoms with Gasteiger partial charge < -0.3 is 20.0 Å². The second-order valence-electron chi connectivity index (χ2n) is 7.62. The number of hydrogen-bond donors (Lipinski definition) is 2. The van der Waals surface area contributed by atoms with Crippen LogP contribution in [-0.4, -0.2) is 70.2 Å². The summed E-state index contributed by atoms with van der Waals surface area (Å²) < 4.78 is 0. The minimum Gasteiger partial charge on any atom is -0.473 e. The normalized spacial score (nSPS) is 24.8. The van der Waals surface area contributed by atoms with E-state index in [0.29, 0.717) is 0 Å². The fourth-order valence-electron chi connectivity index (χ4n) is 4.52. The highest BCUT2D eigenvalue weighted by atomic mass is 16.4. The van der Waals surface area contributed by atoms with Crippen molar-refractivity contribution in [2.45, 2.75) is 82.7 Å². The van der Waals surface area contributed by atoms with Crippen LogP contribution in [0.2, 0.25) is 0 Å². The van der Waals surface area contributed by atoms with E-state index in [1.165, 1.54) is 96.8 Å². The van der Waals surface area contributed by atoms with Gasteiger partial charge in [-0.3, -0.25) is 0 Å². The number of carboxylic acid groups (broad SMARTS) is 2. The molecule has 3 aliphatic rings. The lowest BCUT2D eigenvalue weighted by Crippen LogP contribution is -2.49. The molecule has 2 N–H and O–H groups in total. The first kappa shape index (κ1) is 20.2. The summed E-state index contributed by atoms with van der Waals surface area (Å²) in [6, 6.07) is 1.85. The zero-order valence-corrected chi connectivity index (χ0v) is 15.4. The van der Waals surface area contributed by atoms with Crippen molar-refractivity contribution in [3.8, 4) is 0 Å². The van der Waals surface area contributed by atoms with Gasteiger partial charge in [-0.15, -0.1) is 0 Å². The van der Waals surface area contributed by atoms with Crippen molar-refractivity contribution >= 4 is 11.9 Å². The van der Waals surface area contributed by atoms with Crippen LogP contribution < -0.4 is 0 Å². The molecule has 0 aromatic heterocycles. The van der Waals surface area contributed by atoms with Crippen molar-refractivity contribution in [1.82, 2.24) is 9.80 Å². The predicted octanol–water partition coefficient (Wildman–Crippen LogP) is 2.82. The minimum atomic E-state index is -1.82. The summed E-state index contributed by atoms with van der Waals surface area (Å²) in [4.78, 5) is 23.8. The first-order valence-electron chi connectivity index (χ1n) is 10.0. The van der Waals surface area contributed by atoms with Crippen LogP contribution in [0.3, 0.4) is 0 Å². The van der Waals surface area contributed by atoms with E-state index in [1.54, 1.807) is 0 Å². The Morgan fingerprint density at radius 1 is 0.560 bits per heavy atom. The Kier molecular flexibility index (Phi) is 8.68. The standard InChI is InChI=1S/C17H32N2.C2H2O4/c1-2-5-9-16(8-4-1)19-14-10-17(11-15-19)18-12-6-3-7-13-18;3-1(4)2(5)6/h16-17H,1-15H2;(H,3,4)(H,5,6). The van der Waals surface area contributed by atoms with Gasteiger partial charge in [-0.05, 0) is 64.7 Å². The van der Waals surface area contributed by atoms with Gasteiger partial charge in [0.25, 0.3) is 0 Å². The summed E-state index contributed by atoms with van der Waals surface area (Å²) in [6.45, 7) is 5.53. The van der Waals surface area contributed by atoms with Crippen LogP contribution in [0, 0.1) is 0 Å². The first-order valence-corrected chi connectivity index (χ1v) is 10.0. The molecular formula is C19H34N2O4. The molecule has 3 fully saturated rings. The molecule has 2 heterocycles. The smallest absolute Gasteiger partial charge is 0.414 e. The van der Waals surface area contributed by atoms with Gasteiger partial charge in [-0.2, -0.15) is 0 Å². The first-order chi connectivity index (χ1) is 12.1. The fraction of sp³-hybridized carbons (Fsp3) is 0.895. The van der Waals surface area contributed by atoms with Crippen molar-refractivity contribution < 1.29 is 19.8 Å². The van der Waals surface area contributed by atoms with Crippen LogP contribution in [0.1, 0.15) is 70.6 Å². The number of piperidine rings is 2. The van der Waals surface area contributed by atoms with Gasteiger partial charge in [-0.1, -0.05) is 32.1 Å². The number of rotatable bonds is 2. The fourth-order valence-corrected chi connectivity index (χ4v) is 4.52. The molecule has 3 rings (SSSR count). The van der Waals surface area contributed by atoms with Gasteiger partial charge in [0.05, 0.1) is 0 Å². The second-order valence-corrected chi connectivity index (χ2v) is 7.62. The second kappa shape index (κ2) is 10.8. The monoisotopic (exact) mass is 354 g/mol. The summed E-state index contributed by atoms with van der Waals surface area (Å²) in [7, 11) is 0. The molecular weight excluding hydrogens is 320 g/mol. The van der Waals surface area contributed by atoms with Crippen molar-refractivity contribution in [3.63, 3.8) is 0 Å². The van der Waals surface area contributed by atoms with E-state index >= 15 is 0 Å². The number of likely N-dealkylation sites (tertiary alicyclic amines) is 2. The maximum atomic E-state index is 9.10. The lowest BCUT2D eigenvalue weighted by molar-refractivity contribution is -0.159.